The maximum Gasteiger partial charge on any atom is 0.251 e. The third kappa shape index (κ3) is 4.82. The normalized spacial score (nSPS) is 14.1. The number of aromatic nitrogens is 3. The van der Waals surface area contributed by atoms with Crippen LogP contribution in [0.25, 0.3) is 16.8 Å². The van der Waals surface area contributed by atoms with Gasteiger partial charge in [-0.25, -0.2) is 4.52 Å². The van der Waals surface area contributed by atoms with Crippen LogP contribution in [0.15, 0.2) is 66.9 Å². The molecule has 2 aromatic heterocycles. The van der Waals surface area contributed by atoms with Gasteiger partial charge in [-0.2, -0.15) is 4.98 Å². The highest BCUT2D eigenvalue weighted by Gasteiger charge is 2.15. The first-order valence-corrected chi connectivity index (χ1v) is 11.5. The SMILES string of the molecule is O=Cc1ccc(-c2cccn3nc(Nc4ccc(C(=O)NCC5CCNCC5)cc4)nc23)cc1. The van der Waals surface area contributed by atoms with Crippen LogP contribution in [-0.4, -0.2) is 46.4 Å². The number of amides is 1. The molecule has 0 radical (unpaired) electrons. The summed E-state index contributed by atoms with van der Waals surface area (Å²) in [5, 5.41) is 14.1. The summed E-state index contributed by atoms with van der Waals surface area (Å²) in [5.41, 5.74) is 4.63. The predicted molar refractivity (Wildman–Crippen MR) is 131 cm³/mol. The van der Waals surface area contributed by atoms with Crippen LogP contribution in [0.3, 0.4) is 0 Å². The number of aldehydes is 1. The molecule has 1 saturated heterocycles. The minimum absolute atomic E-state index is 0.0545. The summed E-state index contributed by atoms with van der Waals surface area (Å²) < 4.78 is 1.72. The van der Waals surface area contributed by atoms with Crippen molar-refractivity contribution in [1.29, 1.82) is 0 Å². The van der Waals surface area contributed by atoms with Crippen molar-refractivity contribution in [2.24, 2.45) is 5.92 Å². The molecule has 0 saturated carbocycles. The van der Waals surface area contributed by atoms with Crippen molar-refractivity contribution in [3.8, 4) is 11.1 Å². The monoisotopic (exact) mass is 454 g/mol. The van der Waals surface area contributed by atoms with Crippen LogP contribution in [0.4, 0.5) is 11.6 Å². The highest BCUT2D eigenvalue weighted by Crippen LogP contribution is 2.25. The third-order valence-corrected chi connectivity index (χ3v) is 6.13. The van der Waals surface area contributed by atoms with E-state index in [9.17, 15) is 9.59 Å². The molecule has 5 rings (SSSR count). The number of nitrogens with zero attached hydrogens (tertiary/aromatic N) is 3. The van der Waals surface area contributed by atoms with E-state index in [4.69, 9.17) is 0 Å². The number of rotatable bonds is 7. The van der Waals surface area contributed by atoms with Crippen molar-refractivity contribution in [3.05, 3.63) is 78.0 Å². The second-order valence-electron chi connectivity index (χ2n) is 8.47. The number of fused-ring (bicyclic) bond motifs is 1. The maximum atomic E-state index is 12.5. The fourth-order valence-electron chi connectivity index (χ4n) is 4.18. The average Bonchev–Trinajstić information content (AvgIpc) is 3.31. The Bertz CT molecular complexity index is 1290. The molecule has 1 amide bonds. The van der Waals surface area contributed by atoms with E-state index in [1.165, 1.54) is 0 Å². The quantitative estimate of drug-likeness (QED) is 0.368. The van der Waals surface area contributed by atoms with E-state index in [-0.39, 0.29) is 5.91 Å². The van der Waals surface area contributed by atoms with Gasteiger partial charge in [-0.15, -0.1) is 5.10 Å². The zero-order valence-electron chi connectivity index (χ0n) is 18.7. The minimum Gasteiger partial charge on any atom is -0.352 e. The summed E-state index contributed by atoms with van der Waals surface area (Å²) in [5.74, 6) is 0.946. The highest BCUT2D eigenvalue weighted by atomic mass is 16.1. The topological polar surface area (TPSA) is 100 Å². The number of hydrogen-bond donors (Lipinski definition) is 3. The van der Waals surface area contributed by atoms with Gasteiger partial charge in [0.05, 0.1) is 0 Å². The van der Waals surface area contributed by atoms with E-state index < -0.39 is 0 Å². The lowest BCUT2D eigenvalue weighted by atomic mass is 9.98. The number of hydrogen-bond acceptors (Lipinski definition) is 6. The lowest BCUT2D eigenvalue weighted by Crippen LogP contribution is -2.35. The summed E-state index contributed by atoms with van der Waals surface area (Å²) in [7, 11) is 0. The molecular weight excluding hydrogens is 428 g/mol. The van der Waals surface area contributed by atoms with Gasteiger partial charge < -0.3 is 16.0 Å². The number of carbonyl (C=O) groups is 2. The Labute approximate surface area is 197 Å². The first kappa shape index (κ1) is 21.8. The second-order valence-corrected chi connectivity index (χ2v) is 8.47. The fraction of sp³-hybridized carbons (Fsp3) is 0.231. The van der Waals surface area contributed by atoms with E-state index in [1.807, 2.05) is 42.6 Å². The third-order valence-electron chi connectivity index (χ3n) is 6.13. The molecule has 0 atom stereocenters. The number of piperidine rings is 1. The molecule has 0 bridgehead atoms. The summed E-state index contributed by atoms with van der Waals surface area (Å²) in [6, 6.07) is 18.6. The molecular formula is C26H26N6O2. The van der Waals surface area contributed by atoms with Gasteiger partial charge in [0.1, 0.15) is 6.29 Å². The predicted octanol–water partition coefficient (Wildman–Crippen LogP) is 3.68. The molecule has 34 heavy (non-hydrogen) atoms. The van der Waals surface area contributed by atoms with Crippen molar-refractivity contribution in [2.45, 2.75) is 12.8 Å². The standard InChI is InChI=1S/C26H26N6O2/c33-17-19-3-5-20(6-4-19)23-2-1-15-32-24(23)30-26(31-32)29-22-9-7-21(8-10-22)25(34)28-16-18-11-13-27-14-12-18/h1-10,15,17-18,27H,11-14,16H2,(H,28,34)(H,29,31). The molecule has 0 unspecified atom stereocenters. The summed E-state index contributed by atoms with van der Waals surface area (Å²) >= 11 is 0. The van der Waals surface area contributed by atoms with Gasteiger partial charge in [-0.1, -0.05) is 24.3 Å². The molecule has 0 spiro atoms. The van der Waals surface area contributed by atoms with Gasteiger partial charge in [0.15, 0.2) is 5.65 Å². The molecule has 1 aliphatic heterocycles. The molecule has 1 aliphatic rings. The van der Waals surface area contributed by atoms with Crippen molar-refractivity contribution in [2.75, 3.05) is 25.0 Å². The van der Waals surface area contributed by atoms with E-state index >= 15 is 0 Å². The summed E-state index contributed by atoms with van der Waals surface area (Å²) in [6.45, 7) is 2.75. The molecule has 3 heterocycles. The first-order chi connectivity index (χ1) is 16.7. The molecule has 2 aromatic carbocycles. The van der Waals surface area contributed by atoms with Crippen molar-refractivity contribution in [3.63, 3.8) is 0 Å². The zero-order chi connectivity index (χ0) is 23.3. The Morgan fingerprint density at radius 1 is 1.06 bits per heavy atom. The maximum absolute atomic E-state index is 12.5. The van der Waals surface area contributed by atoms with Crippen molar-refractivity contribution < 1.29 is 9.59 Å². The summed E-state index contributed by atoms with van der Waals surface area (Å²) in [4.78, 5) is 28.1. The van der Waals surface area contributed by atoms with Gasteiger partial charge in [0.2, 0.25) is 5.95 Å². The van der Waals surface area contributed by atoms with Crippen molar-refractivity contribution >= 4 is 29.5 Å². The van der Waals surface area contributed by atoms with Gasteiger partial charge in [-0.3, -0.25) is 9.59 Å². The van der Waals surface area contributed by atoms with Crippen LogP contribution < -0.4 is 16.0 Å². The molecule has 8 heteroatoms. The summed E-state index contributed by atoms with van der Waals surface area (Å²) in [6.07, 6.45) is 4.86. The van der Waals surface area contributed by atoms with Gasteiger partial charge in [0.25, 0.3) is 5.91 Å². The molecule has 3 N–H and O–H groups in total. The first-order valence-electron chi connectivity index (χ1n) is 11.5. The van der Waals surface area contributed by atoms with Crippen LogP contribution in [0.5, 0.6) is 0 Å². The molecule has 172 valence electrons. The highest BCUT2D eigenvalue weighted by molar-refractivity contribution is 5.94. The van der Waals surface area contributed by atoms with E-state index in [0.29, 0.717) is 35.2 Å². The van der Waals surface area contributed by atoms with Crippen LogP contribution in [0.1, 0.15) is 33.6 Å². The zero-order valence-corrected chi connectivity index (χ0v) is 18.7. The van der Waals surface area contributed by atoms with Crippen LogP contribution >= 0.6 is 0 Å². The molecule has 0 aliphatic carbocycles. The number of benzene rings is 2. The lowest BCUT2D eigenvalue weighted by Gasteiger charge is -2.22. The number of nitrogens with one attached hydrogen (secondary N) is 3. The Morgan fingerprint density at radius 3 is 2.56 bits per heavy atom. The Balaban J connectivity index is 1.27. The Hall–Kier alpha value is -4.04. The fourth-order valence-corrected chi connectivity index (χ4v) is 4.18. The molecule has 8 nitrogen and oxygen atoms in total. The van der Waals surface area contributed by atoms with Crippen LogP contribution in [0.2, 0.25) is 0 Å². The second kappa shape index (κ2) is 9.84. The largest absolute Gasteiger partial charge is 0.352 e. The van der Waals surface area contributed by atoms with Gasteiger partial charge in [-0.05, 0) is 73.8 Å². The Morgan fingerprint density at radius 2 is 1.82 bits per heavy atom. The van der Waals surface area contributed by atoms with Crippen molar-refractivity contribution in [1.82, 2.24) is 25.2 Å². The van der Waals surface area contributed by atoms with Gasteiger partial charge in [0, 0.05) is 35.1 Å². The minimum atomic E-state index is -0.0545. The Kier molecular flexibility index (Phi) is 6.31. The van der Waals surface area contributed by atoms with E-state index in [1.54, 1.807) is 28.8 Å². The lowest BCUT2D eigenvalue weighted by molar-refractivity contribution is 0.0944. The van der Waals surface area contributed by atoms with E-state index in [2.05, 4.69) is 26.0 Å². The van der Waals surface area contributed by atoms with E-state index in [0.717, 1.165) is 49.0 Å². The molecule has 4 aromatic rings. The smallest absolute Gasteiger partial charge is 0.251 e. The number of anilines is 2. The van der Waals surface area contributed by atoms with Crippen LogP contribution in [-0.2, 0) is 0 Å². The number of carbonyl (C=O) groups excluding carboxylic acids is 2. The average molecular weight is 455 g/mol. The number of pyridine rings is 1. The van der Waals surface area contributed by atoms with Gasteiger partial charge >= 0.3 is 0 Å². The van der Waals surface area contributed by atoms with Crippen LogP contribution in [0, 0.1) is 5.92 Å². The molecule has 1 fully saturated rings.